The molecule has 4 heteroatoms. The molecule has 2 aliphatic rings. The number of hydrogen-bond acceptors (Lipinski definition) is 2. The quantitative estimate of drug-likeness (QED) is 0.881. The number of aryl methyl sites for hydroxylation is 1. The van der Waals surface area contributed by atoms with Gasteiger partial charge in [0.05, 0.1) is 0 Å². The first-order valence-corrected chi connectivity index (χ1v) is 6.81. The number of hydrogen-bond donors (Lipinski definition) is 1. The molecule has 1 fully saturated rings. The van der Waals surface area contributed by atoms with Crippen LogP contribution in [0.2, 0.25) is 0 Å². The molecule has 1 N–H and O–H groups in total. The second kappa shape index (κ2) is 5.05. The zero-order valence-corrected chi connectivity index (χ0v) is 11.2. The van der Waals surface area contributed by atoms with Crippen molar-refractivity contribution in [2.24, 2.45) is 0 Å². The minimum atomic E-state index is 0.0961. The first kappa shape index (κ1) is 12.2. The molecule has 4 nitrogen and oxygen atoms in total. The third kappa shape index (κ3) is 2.36. The molecule has 1 saturated heterocycles. The van der Waals surface area contributed by atoms with E-state index in [-0.39, 0.29) is 6.03 Å². The van der Waals surface area contributed by atoms with Crippen molar-refractivity contribution in [1.29, 1.82) is 0 Å². The van der Waals surface area contributed by atoms with E-state index in [9.17, 15) is 4.79 Å². The Balaban J connectivity index is 1.78. The van der Waals surface area contributed by atoms with Crippen LogP contribution in [0.4, 0.5) is 10.5 Å². The zero-order chi connectivity index (χ0) is 13.2. The Morgan fingerprint density at radius 2 is 1.84 bits per heavy atom. The highest BCUT2D eigenvalue weighted by Crippen LogP contribution is 2.23. The maximum absolute atomic E-state index is 12.5. The molecule has 0 radical (unpaired) electrons. The fourth-order valence-electron chi connectivity index (χ4n) is 2.60. The normalized spacial score (nSPS) is 19.8. The Morgan fingerprint density at radius 3 is 2.53 bits per heavy atom. The second-order valence-electron chi connectivity index (χ2n) is 5.08. The molecule has 100 valence electrons. The number of carbonyl (C=O) groups excluding carboxylic acids is 1. The maximum Gasteiger partial charge on any atom is 0.328 e. The minimum Gasteiger partial charge on any atom is -0.311 e. The Bertz CT molecular complexity index is 507. The van der Waals surface area contributed by atoms with Gasteiger partial charge in [-0.3, -0.25) is 9.80 Å². The summed E-state index contributed by atoms with van der Waals surface area (Å²) in [4.78, 5) is 16.2. The molecule has 2 heterocycles. The van der Waals surface area contributed by atoms with E-state index in [4.69, 9.17) is 0 Å². The molecule has 19 heavy (non-hydrogen) atoms. The summed E-state index contributed by atoms with van der Waals surface area (Å²) >= 11 is 0. The molecular formula is C15H19N3O. The van der Waals surface area contributed by atoms with Crippen LogP contribution in [0.3, 0.4) is 0 Å². The third-order valence-corrected chi connectivity index (χ3v) is 3.71. The van der Waals surface area contributed by atoms with Gasteiger partial charge < -0.3 is 5.32 Å². The number of urea groups is 1. The molecule has 0 unspecified atom stereocenters. The number of carbonyl (C=O) groups is 1. The van der Waals surface area contributed by atoms with Crippen molar-refractivity contribution in [2.45, 2.75) is 13.3 Å². The van der Waals surface area contributed by atoms with Crippen LogP contribution in [0.15, 0.2) is 36.0 Å². The summed E-state index contributed by atoms with van der Waals surface area (Å²) in [5, 5.41) is 3.31. The predicted octanol–water partition coefficient (Wildman–Crippen LogP) is 2.11. The van der Waals surface area contributed by atoms with Crippen molar-refractivity contribution in [3.05, 3.63) is 41.6 Å². The highest BCUT2D eigenvalue weighted by atomic mass is 16.2. The lowest BCUT2D eigenvalue weighted by Crippen LogP contribution is -2.36. The van der Waals surface area contributed by atoms with Gasteiger partial charge in [0.1, 0.15) is 0 Å². The van der Waals surface area contributed by atoms with Gasteiger partial charge in [0.15, 0.2) is 0 Å². The largest absolute Gasteiger partial charge is 0.328 e. The molecule has 0 atom stereocenters. The fourth-order valence-corrected chi connectivity index (χ4v) is 2.60. The van der Waals surface area contributed by atoms with E-state index in [1.807, 2.05) is 34.1 Å². The number of amides is 2. The maximum atomic E-state index is 12.5. The van der Waals surface area contributed by atoms with Gasteiger partial charge in [-0.1, -0.05) is 23.8 Å². The van der Waals surface area contributed by atoms with Crippen LogP contribution in [0, 0.1) is 6.92 Å². The Morgan fingerprint density at radius 1 is 1.11 bits per heavy atom. The van der Waals surface area contributed by atoms with Gasteiger partial charge in [0, 0.05) is 31.0 Å². The van der Waals surface area contributed by atoms with E-state index in [1.165, 1.54) is 5.56 Å². The summed E-state index contributed by atoms with van der Waals surface area (Å²) in [6.07, 6.45) is 3.18. The van der Waals surface area contributed by atoms with Gasteiger partial charge in [-0.25, -0.2) is 4.79 Å². The summed E-state index contributed by atoms with van der Waals surface area (Å²) in [5.74, 6) is 0. The van der Waals surface area contributed by atoms with E-state index >= 15 is 0 Å². The molecule has 0 bridgehead atoms. The summed E-state index contributed by atoms with van der Waals surface area (Å²) in [6.45, 7) is 5.40. The molecule has 1 aromatic carbocycles. The summed E-state index contributed by atoms with van der Waals surface area (Å²) in [6, 6.07) is 8.23. The number of anilines is 1. The van der Waals surface area contributed by atoms with Crippen LogP contribution in [-0.2, 0) is 0 Å². The van der Waals surface area contributed by atoms with Gasteiger partial charge in [-0.15, -0.1) is 0 Å². The average Bonchev–Trinajstić information content (AvgIpc) is 2.83. The first-order valence-electron chi connectivity index (χ1n) is 6.81. The van der Waals surface area contributed by atoms with E-state index in [2.05, 4.69) is 18.3 Å². The van der Waals surface area contributed by atoms with Gasteiger partial charge in [0.25, 0.3) is 0 Å². The number of nitrogens with zero attached hydrogens (tertiary/aromatic N) is 2. The standard InChI is InChI=1S/C15H19N3O/c1-12-4-6-13(7-5-12)17-9-10-18(15(17)19)14-3-2-8-16-11-14/h3-7,16H,2,8-11H2,1H3. The van der Waals surface area contributed by atoms with Crippen LogP contribution in [0.1, 0.15) is 12.0 Å². The Hall–Kier alpha value is -1.81. The van der Waals surface area contributed by atoms with Crippen LogP contribution < -0.4 is 10.2 Å². The van der Waals surface area contributed by atoms with Gasteiger partial charge >= 0.3 is 6.03 Å². The summed E-state index contributed by atoms with van der Waals surface area (Å²) in [7, 11) is 0. The lowest BCUT2D eigenvalue weighted by molar-refractivity contribution is 0.229. The minimum absolute atomic E-state index is 0.0961. The molecule has 0 aromatic heterocycles. The monoisotopic (exact) mass is 257 g/mol. The van der Waals surface area contributed by atoms with Crippen LogP contribution in [-0.4, -0.2) is 37.1 Å². The molecule has 1 aromatic rings. The Kier molecular flexibility index (Phi) is 3.25. The lowest BCUT2D eigenvalue weighted by atomic mass is 10.2. The zero-order valence-electron chi connectivity index (χ0n) is 11.2. The number of rotatable bonds is 2. The van der Waals surface area contributed by atoms with Gasteiger partial charge in [-0.05, 0) is 32.0 Å². The molecule has 2 amide bonds. The van der Waals surface area contributed by atoms with Crippen molar-refractivity contribution in [3.8, 4) is 0 Å². The molecule has 3 rings (SSSR count). The molecule has 0 spiro atoms. The topological polar surface area (TPSA) is 35.6 Å². The van der Waals surface area contributed by atoms with Crippen LogP contribution in [0.25, 0.3) is 0 Å². The van der Waals surface area contributed by atoms with Gasteiger partial charge in [-0.2, -0.15) is 0 Å². The van der Waals surface area contributed by atoms with E-state index in [0.717, 1.165) is 44.0 Å². The van der Waals surface area contributed by atoms with Crippen molar-refractivity contribution in [1.82, 2.24) is 10.2 Å². The van der Waals surface area contributed by atoms with Crippen molar-refractivity contribution in [2.75, 3.05) is 31.1 Å². The molecular weight excluding hydrogens is 238 g/mol. The van der Waals surface area contributed by atoms with E-state index in [1.54, 1.807) is 0 Å². The second-order valence-corrected chi connectivity index (χ2v) is 5.08. The van der Waals surface area contributed by atoms with Gasteiger partial charge in [0.2, 0.25) is 0 Å². The number of nitrogens with one attached hydrogen (secondary N) is 1. The molecule has 0 saturated carbocycles. The van der Waals surface area contributed by atoms with Crippen molar-refractivity contribution >= 4 is 11.7 Å². The average molecular weight is 257 g/mol. The SMILES string of the molecule is Cc1ccc(N2CCN(C3=CCCNC3)C2=O)cc1. The summed E-state index contributed by atoms with van der Waals surface area (Å²) in [5.41, 5.74) is 3.32. The van der Waals surface area contributed by atoms with Crippen molar-refractivity contribution in [3.63, 3.8) is 0 Å². The number of benzene rings is 1. The van der Waals surface area contributed by atoms with E-state index in [0.29, 0.717) is 0 Å². The highest BCUT2D eigenvalue weighted by molar-refractivity contribution is 5.95. The molecule has 0 aliphatic carbocycles. The van der Waals surface area contributed by atoms with E-state index < -0.39 is 0 Å². The Labute approximate surface area is 113 Å². The van der Waals surface area contributed by atoms with Crippen molar-refractivity contribution < 1.29 is 4.79 Å². The predicted molar refractivity (Wildman–Crippen MR) is 76.2 cm³/mol. The smallest absolute Gasteiger partial charge is 0.311 e. The first-order chi connectivity index (χ1) is 9.25. The lowest BCUT2D eigenvalue weighted by Gasteiger charge is -2.24. The fraction of sp³-hybridized carbons (Fsp3) is 0.400. The van der Waals surface area contributed by atoms with Crippen LogP contribution >= 0.6 is 0 Å². The molecule has 2 aliphatic heterocycles. The third-order valence-electron chi connectivity index (χ3n) is 3.71. The highest BCUT2D eigenvalue weighted by Gasteiger charge is 2.31. The summed E-state index contributed by atoms with van der Waals surface area (Å²) < 4.78 is 0. The van der Waals surface area contributed by atoms with Crippen LogP contribution in [0.5, 0.6) is 0 Å².